The molecular formula is C7H16ClNO2S. The molecule has 0 aromatic heterocycles. The van der Waals surface area contributed by atoms with Gasteiger partial charge in [-0.05, 0) is 19.8 Å². The van der Waals surface area contributed by atoms with E-state index in [1.807, 2.05) is 13.8 Å². The van der Waals surface area contributed by atoms with Crippen LogP contribution >= 0.6 is 11.6 Å². The minimum Gasteiger partial charge on any atom is -0.212 e. The Morgan fingerprint density at radius 2 is 2.08 bits per heavy atom. The van der Waals surface area contributed by atoms with E-state index in [9.17, 15) is 8.42 Å². The Balaban J connectivity index is 3.88. The molecule has 0 radical (unpaired) electrons. The first-order valence-electron chi connectivity index (χ1n) is 4.07. The molecule has 0 aliphatic carbocycles. The molecule has 0 aliphatic rings. The lowest BCUT2D eigenvalue weighted by molar-refractivity contribution is 0.555. The van der Waals surface area contributed by atoms with Crippen molar-refractivity contribution in [1.82, 2.24) is 4.72 Å². The van der Waals surface area contributed by atoms with E-state index in [4.69, 9.17) is 11.6 Å². The van der Waals surface area contributed by atoms with Crippen molar-refractivity contribution in [3.63, 3.8) is 0 Å². The van der Waals surface area contributed by atoms with Gasteiger partial charge in [0.1, 0.15) is 0 Å². The van der Waals surface area contributed by atoms with Crippen molar-refractivity contribution in [3.05, 3.63) is 0 Å². The van der Waals surface area contributed by atoms with Crippen molar-refractivity contribution in [2.24, 2.45) is 0 Å². The first kappa shape index (κ1) is 12.2. The van der Waals surface area contributed by atoms with Crippen molar-refractivity contribution >= 4 is 21.6 Å². The number of sulfonamides is 1. The minimum atomic E-state index is -3.09. The zero-order valence-corrected chi connectivity index (χ0v) is 9.08. The smallest absolute Gasteiger partial charge is 0.211 e. The lowest BCUT2D eigenvalue weighted by Gasteiger charge is -2.10. The predicted molar refractivity (Wildman–Crippen MR) is 52.0 cm³/mol. The highest BCUT2D eigenvalue weighted by Gasteiger charge is 2.11. The third-order valence-corrected chi connectivity index (χ3v) is 3.39. The Bertz CT molecular complexity index is 203. The summed E-state index contributed by atoms with van der Waals surface area (Å²) in [6.07, 6.45) is 1.31. The van der Waals surface area contributed by atoms with E-state index >= 15 is 0 Å². The second-order valence-electron chi connectivity index (χ2n) is 2.79. The standard InChI is InChI=1S/C7H16ClNO2S/c1-3-7(2)9-12(10,11)6-4-5-8/h7,9H,3-6H2,1-2H3. The molecule has 0 bridgehead atoms. The highest BCUT2D eigenvalue weighted by molar-refractivity contribution is 7.89. The molecule has 3 nitrogen and oxygen atoms in total. The van der Waals surface area contributed by atoms with Crippen LogP contribution in [0.5, 0.6) is 0 Å². The first-order chi connectivity index (χ1) is 5.52. The summed E-state index contributed by atoms with van der Waals surface area (Å²) in [5, 5.41) is 0. The Hall–Kier alpha value is 0.200. The highest BCUT2D eigenvalue weighted by Crippen LogP contribution is 1.96. The van der Waals surface area contributed by atoms with Gasteiger partial charge in [0.05, 0.1) is 5.75 Å². The Morgan fingerprint density at radius 1 is 1.50 bits per heavy atom. The molecule has 0 saturated heterocycles. The largest absolute Gasteiger partial charge is 0.212 e. The summed E-state index contributed by atoms with van der Waals surface area (Å²) in [4.78, 5) is 0. The van der Waals surface area contributed by atoms with E-state index in [2.05, 4.69) is 4.72 Å². The quantitative estimate of drug-likeness (QED) is 0.677. The zero-order chi connectivity index (χ0) is 9.61. The molecule has 0 spiro atoms. The van der Waals surface area contributed by atoms with Gasteiger partial charge in [-0.2, -0.15) is 0 Å². The SMILES string of the molecule is CCC(C)NS(=O)(=O)CCCCl. The van der Waals surface area contributed by atoms with Crippen LogP contribution in [-0.2, 0) is 10.0 Å². The van der Waals surface area contributed by atoms with Crippen LogP contribution < -0.4 is 4.72 Å². The van der Waals surface area contributed by atoms with E-state index in [-0.39, 0.29) is 11.8 Å². The molecule has 1 unspecified atom stereocenters. The summed E-state index contributed by atoms with van der Waals surface area (Å²) in [6, 6.07) is 0.0188. The van der Waals surface area contributed by atoms with E-state index in [0.717, 1.165) is 6.42 Å². The van der Waals surface area contributed by atoms with Crippen LogP contribution in [0.1, 0.15) is 26.7 Å². The van der Waals surface area contributed by atoms with Gasteiger partial charge in [0.15, 0.2) is 0 Å². The van der Waals surface area contributed by atoms with Gasteiger partial charge in [-0.15, -0.1) is 11.6 Å². The molecule has 0 aromatic carbocycles. The first-order valence-corrected chi connectivity index (χ1v) is 6.26. The van der Waals surface area contributed by atoms with E-state index in [1.165, 1.54) is 0 Å². The molecule has 12 heavy (non-hydrogen) atoms. The predicted octanol–water partition coefficient (Wildman–Crippen LogP) is 1.33. The maximum absolute atomic E-state index is 11.2. The summed E-state index contributed by atoms with van der Waals surface area (Å²) >= 11 is 5.39. The van der Waals surface area contributed by atoms with Gasteiger partial charge in [0, 0.05) is 11.9 Å². The summed E-state index contributed by atoms with van der Waals surface area (Å²) in [5.74, 6) is 0.516. The average molecular weight is 214 g/mol. The Kier molecular flexibility index (Phi) is 5.88. The fourth-order valence-electron chi connectivity index (χ4n) is 0.693. The van der Waals surface area contributed by atoms with Gasteiger partial charge in [-0.1, -0.05) is 6.92 Å². The second kappa shape index (κ2) is 5.78. The number of hydrogen-bond donors (Lipinski definition) is 1. The highest BCUT2D eigenvalue weighted by atomic mass is 35.5. The van der Waals surface area contributed by atoms with Crippen molar-refractivity contribution in [2.45, 2.75) is 32.7 Å². The lowest BCUT2D eigenvalue weighted by atomic mass is 10.3. The zero-order valence-electron chi connectivity index (χ0n) is 7.51. The summed E-state index contributed by atoms with van der Waals surface area (Å²) in [5.41, 5.74) is 0. The summed E-state index contributed by atoms with van der Waals surface area (Å²) in [6.45, 7) is 3.78. The number of hydrogen-bond acceptors (Lipinski definition) is 2. The van der Waals surface area contributed by atoms with Crippen LogP contribution in [0.3, 0.4) is 0 Å². The van der Waals surface area contributed by atoms with Gasteiger partial charge in [0.25, 0.3) is 0 Å². The monoisotopic (exact) mass is 213 g/mol. The van der Waals surface area contributed by atoms with Crippen LogP contribution in [0.15, 0.2) is 0 Å². The number of halogens is 1. The molecule has 0 aromatic rings. The molecule has 0 amide bonds. The minimum absolute atomic E-state index is 0.0188. The molecule has 0 saturated carbocycles. The Morgan fingerprint density at radius 3 is 2.50 bits per heavy atom. The van der Waals surface area contributed by atoms with E-state index in [0.29, 0.717) is 12.3 Å². The van der Waals surface area contributed by atoms with Crippen LogP contribution in [0.4, 0.5) is 0 Å². The summed E-state index contributed by atoms with van der Waals surface area (Å²) in [7, 11) is -3.09. The van der Waals surface area contributed by atoms with E-state index in [1.54, 1.807) is 0 Å². The molecule has 0 aliphatic heterocycles. The van der Waals surface area contributed by atoms with E-state index < -0.39 is 10.0 Å². The molecule has 0 heterocycles. The van der Waals surface area contributed by atoms with Gasteiger partial charge in [-0.25, -0.2) is 13.1 Å². The number of nitrogens with one attached hydrogen (secondary N) is 1. The summed E-state index contributed by atoms with van der Waals surface area (Å²) < 4.78 is 24.9. The molecule has 0 rings (SSSR count). The van der Waals surface area contributed by atoms with Gasteiger partial charge < -0.3 is 0 Å². The molecular weight excluding hydrogens is 198 g/mol. The van der Waals surface area contributed by atoms with Crippen molar-refractivity contribution < 1.29 is 8.42 Å². The van der Waals surface area contributed by atoms with Crippen molar-refractivity contribution in [1.29, 1.82) is 0 Å². The lowest BCUT2D eigenvalue weighted by Crippen LogP contribution is -2.33. The van der Waals surface area contributed by atoms with Gasteiger partial charge in [-0.3, -0.25) is 0 Å². The molecule has 74 valence electrons. The normalized spacial score (nSPS) is 14.6. The van der Waals surface area contributed by atoms with Crippen LogP contribution in [0, 0.1) is 0 Å². The third-order valence-electron chi connectivity index (χ3n) is 1.54. The van der Waals surface area contributed by atoms with Crippen LogP contribution in [-0.4, -0.2) is 26.1 Å². The van der Waals surface area contributed by atoms with Gasteiger partial charge in [0.2, 0.25) is 10.0 Å². The maximum atomic E-state index is 11.2. The Labute approximate surface area is 79.5 Å². The maximum Gasteiger partial charge on any atom is 0.211 e. The third kappa shape index (κ3) is 5.80. The van der Waals surface area contributed by atoms with Crippen LogP contribution in [0.25, 0.3) is 0 Å². The van der Waals surface area contributed by atoms with Crippen molar-refractivity contribution in [2.75, 3.05) is 11.6 Å². The second-order valence-corrected chi connectivity index (χ2v) is 5.04. The number of rotatable bonds is 6. The molecule has 5 heteroatoms. The number of alkyl halides is 1. The fraction of sp³-hybridized carbons (Fsp3) is 1.00. The van der Waals surface area contributed by atoms with Gasteiger partial charge >= 0.3 is 0 Å². The average Bonchev–Trinajstić information content (AvgIpc) is 2.00. The molecule has 1 atom stereocenters. The van der Waals surface area contributed by atoms with Crippen molar-refractivity contribution in [3.8, 4) is 0 Å². The molecule has 0 fully saturated rings. The molecule has 1 N–H and O–H groups in total. The topological polar surface area (TPSA) is 46.2 Å². The van der Waals surface area contributed by atoms with Crippen LogP contribution in [0.2, 0.25) is 0 Å². The fourth-order valence-corrected chi connectivity index (χ4v) is 2.41.